The number of nitrogens with zero attached hydrogens (tertiary/aromatic N) is 1. The van der Waals surface area contributed by atoms with E-state index in [1.54, 1.807) is 0 Å². The van der Waals surface area contributed by atoms with Crippen molar-refractivity contribution in [3.63, 3.8) is 0 Å². The molecule has 1 rings (SSSR count). The highest BCUT2D eigenvalue weighted by atomic mass is 19.4. The van der Waals surface area contributed by atoms with E-state index in [1.807, 2.05) is 0 Å². The first-order valence-corrected chi connectivity index (χ1v) is 5.89. The molecule has 1 amide bonds. The molecular weight excluding hydrogens is 307 g/mol. The van der Waals surface area contributed by atoms with Gasteiger partial charge in [-0.15, -0.1) is 0 Å². The molecule has 1 N–H and O–H groups in total. The predicted molar refractivity (Wildman–Crippen MR) is 69.2 cm³/mol. The number of hydrogen-bond acceptors (Lipinski definition) is 5. The lowest BCUT2D eigenvalue weighted by molar-refractivity contribution is -0.266. The Bertz CT molecular complexity index is 558. The molecule has 0 aromatic heterocycles. The lowest BCUT2D eigenvalue weighted by atomic mass is 9.93. The van der Waals surface area contributed by atoms with Crippen LogP contribution < -0.4 is 4.90 Å². The molecule has 1 aromatic rings. The van der Waals surface area contributed by atoms with Gasteiger partial charge in [0.25, 0.3) is 5.60 Å². The molecule has 0 radical (unpaired) electrons. The van der Waals surface area contributed by atoms with Crippen molar-refractivity contribution in [1.29, 1.82) is 0 Å². The van der Waals surface area contributed by atoms with E-state index in [0.29, 0.717) is 0 Å². The Kier molecular flexibility index (Phi) is 5.02. The zero-order valence-electron chi connectivity index (χ0n) is 12.0. The van der Waals surface area contributed by atoms with E-state index in [9.17, 15) is 27.9 Å². The first kappa shape index (κ1) is 17.8. The first-order valence-electron chi connectivity index (χ1n) is 5.89. The Labute approximate surface area is 124 Å². The third-order valence-corrected chi connectivity index (χ3v) is 3.01. The number of alkyl halides is 3. The van der Waals surface area contributed by atoms with E-state index in [2.05, 4.69) is 9.47 Å². The maximum atomic E-state index is 13.0. The maximum absolute atomic E-state index is 13.0. The van der Waals surface area contributed by atoms with Gasteiger partial charge < -0.3 is 14.6 Å². The van der Waals surface area contributed by atoms with Crippen molar-refractivity contribution < 1.29 is 37.3 Å². The normalized spacial score (nSPS) is 14.0. The maximum Gasteiger partial charge on any atom is 0.432 e. The van der Waals surface area contributed by atoms with E-state index in [0.717, 1.165) is 43.4 Å². The van der Waals surface area contributed by atoms with E-state index in [4.69, 9.17) is 0 Å². The van der Waals surface area contributed by atoms with Crippen LogP contribution in [0, 0.1) is 0 Å². The molecule has 0 spiro atoms. The summed E-state index contributed by atoms with van der Waals surface area (Å²) >= 11 is 0. The SMILES string of the molecule is COC(=O)N(C)c1ccc([C@](O)(C(=O)OC)C(F)(F)F)cc1. The molecule has 0 heterocycles. The largest absolute Gasteiger partial charge is 0.466 e. The molecule has 9 heteroatoms. The fraction of sp³-hybridized carbons (Fsp3) is 0.385. The monoisotopic (exact) mass is 321 g/mol. The molecule has 0 aliphatic heterocycles. The summed E-state index contributed by atoms with van der Waals surface area (Å²) in [5.41, 5.74) is -4.30. The van der Waals surface area contributed by atoms with Gasteiger partial charge in [-0.2, -0.15) is 13.2 Å². The van der Waals surface area contributed by atoms with Gasteiger partial charge in [0, 0.05) is 18.3 Å². The quantitative estimate of drug-likeness (QED) is 0.859. The second kappa shape index (κ2) is 6.22. The number of hydrogen-bond donors (Lipinski definition) is 1. The van der Waals surface area contributed by atoms with E-state index in [1.165, 1.54) is 7.05 Å². The zero-order chi connectivity index (χ0) is 17.1. The minimum absolute atomic E-state index is 0.213. The molecule has 6 nitrogen and oxygen atoms in total. The molecule has 1 atom stereocenters. The number of carbonyl (C=O) groups excluding carboxylic acids is 2. The van der Waals surface area contributed by atoms with Crippen molar-refractivity contribution in [1.82, 2.24) is 0 Å². The number of amides is 1. The molecule has 0 aliphatic carbocycles. The number of methoxy groups -OCH3 is 2. The standard InChI is InChI=1S/C13H14F3NO5/c1-17(11(19)22-3)9-6-4-8(5-7-9)12(20,10(18)21-2)13(14,15)16/h4-7,20H,1-3H3/t12-/m0/s1. The average molecular weight is 321 g/mol. The molecule has 0 aliphatic rings. The summed E-state index contributed by atoms with van der Waals surface area (Å²) in [6.07, 6.45) is -6.00. The molecule has 1 aromatic carbocycles. The van der Waals surface area contributed by atoms with Crippen molar-refractivity contribution in [3.8, 4) is 0 Å². The fourth-order valence-corrected chi connectivity index (χ4v) is 1.71. The fourth-order valence-electron chi connectivity index (χ4n) is 1.71. The zero-order valence-corrected chi connectivity index (χ0v) is 12.0. The highest BCUT2D eigenvalue weighted by molar-refractivity contribution is 5.87. The van der Waals surface area contributed by atoms with Crippen LogP contribution in [-0.2, 0) is 19.9 Å². The minimum Gasteiger partial charge on any atom is -0.466 e. The van der Waals surface area contributed by atoms with Crippen molar-refractivity contribution in [2.45, 2.75) is 11.8 Å². The summed E-state index contributed by atoms with van der Waals surface area (Å²) in [6, 6.07) is 4.01. The Morgan fingerprint density at radius 2 is 1.59 bits per heavy atom. The van der Waals surface area contributed by atoms with Crippen LogP contribution in [0.15, 0.2) is 24.3 Å². The van der Waals surface area contributed by atoms with Gasteiger partial charge in [-0.1, -0.05) is 12.1 Å². The van der Waals surface area contributed by atoms with Gasteiger partial charge in [-0.25, -0.2) is 9.59 Å². The molecule has 22 heavy (non-hydrogen) atoms. The van der Waals surface area contributed by atoms with Gasteiger partial charge in [0.05, 0.1) is 14.2 Å². The smallest absolute Gasteiger partial charge is 0.432 e. The summed E-state index contributed by atoms with van der Waals surface area (Å²) in [6.45, 7) is 0. The highest BCUT2D eigenvalue weighted by Crippen LogP contribution is 2.40. The minimum atomic E-state index is -5.27. The van der Waals surface area contributed by atoms with Crippen molar-refractivity contribution in [2.24, 2.45) is 0 Å². The third-order valence-electron chi connectivity index (χ3n) is 3.01. The molecule has 0 bridgehead atoms. The molecule has 0 saturated heterocycles. The summed E-state index contributed by atoms with van der Waals surface area (Å²) < 4.78 is 47.6. The number of ether oxygens (including phenoxy) is 2. The van der Waals surface area contributed by atoms with E-state index >= 15 is 0 Å². The predicted octanol–water partition coefficient (Wildman–Crippen LogP) is 1.81. The summed E-state index contributed by atoms with van der Waals surface area (Å²) in [4.78, 5) is 23.7. The van der Waals surface area contributed by atoms with Gasteiger partial charge >= 0.3 is 18.2 Å². The number of benzene rings is 1. The van der Waals surface area contributed by atoms with Crippen LogP contribution in [0.4, 0.5) is 23.7 Å². The number of carbonyl (C=O) groups is 2. The first-order chi connectivity index (χ1) is 10.1. The molecule has 0 fully saturated rings. The van der Waals surface area contributed by atoms with Gasteiger partial charge in [0.15, 0.2) is 0 Å². The van der Waals surface area contributed by atoms with Gasteiger partial charge in [0.1, 0.15) is 0 Å². The number of anilines is 1. The third kappa shape index (κ3) is 2.98. The van der Waals surface area contributed by atoms with Gasteiger partial charge in [0.2, 0.25) is 0 Å². The van der Waals surface area contributed by atoms with Crippen LogP contribution in [0.2, 0.25) is 0 Å². The molecular formula is C13H14F3NO5. The lowest BCUT2D eigenvalue weighted by Crippen LogP contribution is -2.49. The number of rotatable bonds is 3. The van der Waals surface area contributed by atoms with Crippen LogP contribution in [0.3, 0.4) is 0 Å². The summed E-state index contributed by atoms with van der Waals surface area (Å²) in [7, 11) is 3.22. The van der Waals surface area contributed by atoms with E-state index < -0.39 is 29.4 Å². The number of esters is 1. The Balaban J connectivity index is 3.26. The Morgan fingerprint density at radius 3 is 1.95 bits per heavy atom. The average Bonchev–Trinajstić information content (AvgIpc) is 2.50. The van der Waals surface area contributed by atoms with Crippen LogP contribution in [0.25, 0.3) is 0 Å². The molecule has 122 valence electrons. The van der Waals surface area contributed by atoms with Crippen LogP contribution in [-0.4, -0.2) is 44.6 Å². The summed E-state index contributed by atoms with van der Waals surface area (Å²) in [5.74, 6) is -1.85. The highest BCUT2D eigenvalue weighted by Gasteiger charge is 2.62. The summed E-state index contributed by atoms with van der Waals surface area (Å²) in [5, 5.41) is 9.77. The number of halogens is 3. The van der Waals surface area contributed by atoms with Crippen molar-refractivity contribution >= 4 is 17.7 Å². The van der Waals surface area contributed by atoms with Crippen LogP contribution in [0.1, 0.15) is 5.56 Å². The lowest BCUT2D eigenvalue weighted by Gasteiger charge is -2.28. The second-order valence-electron chi connectivity index (χ2n) is 4.28. The molecule has 0 saturated carbocycles. The van der Waals surface area contributed by atoms with Gasteiger partial charge in [-0.05, 0) is 12.1 Å². The second-order valence-corrected chi connectivity index (χ2v) is 4.28. The molecule has 0 unspecified atom stereocenters. The van der Waals surface area contributed by atoms with Crippen LogP contribution in [0.5, 0.6) is 0 Å². The van der Waals surface area contributed by atoms with Gasteiger partial charge in [-0.3, -0.25) is 4.90 Å². The van der Waals surface area contributed by atoms with Crippen molar-refractivity contribution in [3.05, 3.63) is 29.8 Å². The topological polar surface area (TPSA) is 76.1 Å². The van der Waals surface area contributed by atoms with Crippen molar-refractivity contribution in [2.75, 3.05) is 26.2 Å². The van der Waals surface area contributed by atoms with Crippen LogP contribution >= 0.6 is 0 Å². The Hall–Kier alpha value is -2.29. The number of aliphatic hydroxyl groups is 1. The Morgan fingerprint density at radius 1 is 1.09 bits per heavy atom. The van der Waals surface area contributed by atoms with E-state index in [-0.39, 0.29) is 5.69 Å².